The van der Waals surface area contributed by atoms with E-state index in [9.17, 15) is 0 Å². The molecule has 0 bridgehead atoms. The number of ether oxygens (including phenoxy) is 2. The lowest BCUT2D eigenvalue weighted by atomic mass is 10.1. The van der Waals surface area contributed by atoms with Gasteiger partial charge in [0.25, 0.3) is 0 Å². The van der Waals surface area contributed by atoms with Crippen LogP contribution in [0.15, 0.2) is 73.3 Å². The first-order valence-corrected chi connectivity index (χ1v) is 10.5. The van der Waals surface area contributed by atoms with E-state index in [1.165, 1.54) is 0 Å². The Kier molecular flexibility index (Phi) is 5.46. The van der Waals surface area contributed by atoms with E-state index in [-0.39, 0.29) is 6.04 Å². The summed E-state index contributed by atoms with van der Waals surface area (Å²) in [6.45, 7) is 1.21. The normalized spacial score (nSPS) is 15.1. The van der Waals surface area contributed by atoms with Gasteiger partial charge in [-0.15, -0.1) is 0 Å². The number of methoxy groups -OCH3 is 1. The highest BCUT2D eigenvalue weighted by atomic mass is 16.5. The number of pyridine rings is 2. The Balaban J connectivity index is 1.42. The summed E-state index contributed by atoms with van der Waals surface area (Å²) in [6, 6.07) is 16.3. The third-order valence-corrected chi connectivity index (χ3v) is 5.68. The second kappa shape index (κ2) is 8.70. The Morgan fingerprint density at radius 1 is 0.968 bits per heavy atom. The second-order valence-corrected chi connectivity index (χ2v) is 7.63. The average molecular weight is 412 g/mol. The molecule has 31 heavy (non-hydrogen) atoms. The van der Waals surface area contributed by atoms with Crippen molar-refractivity contribution in [3.05, 3.63) is 84.7 Å². The fraction of sp³-hybridized carbons (Fsp3) is 0.240. The van der Waals surface area contributed by atoms with E-state index < -0.39 is 0 Å². The molecule has 0 saturated carbocycles. The predicted octanol–water partition coefficient (Wildman–Crippen LogP) is 4.72. The molecule has 0 saturated heterocycles. The van der Waals surface area contributed by atoms with E-state index in [0.29, 0.717) is 13.2 Å². The van der Waals surface area contributed by atoms with Crippen molar-refractivity contribution in [2.75, 3.05) is 13.7 Å². The van der Waals surface area contributed by atoms with Crippen LogP contribution in [-0.4, -0.2) is 33.2 Å². The molecule has 1 aliphatic heterocycles. The molecule has 6 heteroatoms. The van der Waals surface area contributed by atoms with Gasteiger partial charge in [0.1, 0.15) is 11.6 Å². The number of hydrogen-bond acceptors (Lipinski definition) is 5. The molecule has 3 aromatic heterocycles. The van der Waals surface area contributed by atoms with Crippen LogP contribution in [0.2, 0.25) is 0 Å². The van der Waals surface area contributed by atoms with Crippen LogP contribution in [0.4, 0.5) is 0 Å². The molecule has 156 valence electrons. The van der Waals surface area contributed by atoms with Crippen molar-refractivity contribution in [2.45, 2.75) is 25.5 Å². The zero-order valence-electron chi connectivity index (χ0n) is 17.4. The van der Waals surface area contributed by atoms with E-state index in [0.717, 1.165) is 52.5 Å². The van der Waals surface area contributed by atoms with Gasteiger partial charge >= 0.3 is 0 Å². The SMILES string of the molecule is COc1ccc(COCC2CCc3nc(-c4cccnc4)c(-c4ccncc4)n32)cc1. The van der Waals surface area contributed by atoms with Crippen LogP contribution in [0.25, 0.3) is 22.5 Å². The van der Waals surface area contributed by atoms with Crippen LogP contribution in [0, 0.1) is 0 Å². The molecule has 1 unspecified atom stereocenters. The van der Waals surface area contributed by atoms with Crippen molar-refractivity contribution in [1.29, 1.82) is 0 Å². The molecule has 0 fully saturated rings. The number of aryl methyl sites for hydroxylation is 1. The summed E-state index contributed by atoms with van der Waals surface area (Å²) >= 11 is 0. The highest BCUT2D eigenvalue weighted by Crippen LogP contribution is 2.39. The van der Waals surface area contributed by atoms with Crippen molar-refractivity contribution in [3.8, 4) is 28.3 Å². The molecule has 0 N–H and O–H groups in total. The summed E-state index contributed by atoms with van der Waals surface area (Å²) in [7, 11) is 1.68. The first-order chi connectivity index (χ1) is 15.3. The molecule has 5 rings (SSSR count). The molecule has 6 nitrogen and oxygen atoms in total. The number of hydrogen-bond donors (Lipinski definition) is 0. The summed E-state index contributed by atoms with van der Waals surface area (Å²) in [5.41, 5.74) is 5.34. The Labute approximate surface area is 181 Å². The van der Waals surface area contributed by atoms with Crippen molar-refractivity contribution < 1.29 is 9.47 Å². The monoisotopic (exact) mass is 412 g/mol. The molecule has 0 amide bonds. The fourth-order valence-corrected chi connectivity index (χ4v) is 4.16. The Hall–Kier alpha value is -3.51. The van der Waals surface area contributed by atoms with Crippen LogP contribution < -0.4 is 4.74 Å². The van der Waals surface area contributed by atoms with Gasteiger partial charge in [0.2, 0.25) is 0 Å². The molecule has 1 aliphatic rings. The number of fused-ring (bicyclic) bond motifs is 1. The molecular weight excluding hydrogens is 388 g/mol. The zero-order valence-corrected chi connectivity index (χ0v) is 17.4. The predicted molar refractivity (Wildman–Crippen MR) is 119 cm³/mol. The first-order valence-electron chi connectivity index (χ1n) is 10.5. The molecule has 0 aliphatic carbocycles. The quantitative estimate of drug-likeness (QED) is 0.440. The smallest absolute Gasteiger partial charge is 0.118 e. The molecule has 0 radical (unpaired) electrons. The lowest BCUT2D eigenvalue weighted by molar-refractivity contribution is 0.0925. The van der Waals surface area contributed by atoms with Crippen LogP contribution in [0.3, 0.4) is 0 Å². The average Bonchev–Trinajstić information content (AvgIpc) is 3.40. The minimum absolute atomic E-state index is 0.245. The maximum absolute atomic E-state index is 6.13. The lowest BCUT2D eigenvalue weighted by Crippen LogP contribution is -2.13. The molecule has 4 aromatic rings. The summed E-state index contributed by atoms with van der Waals surface area (Å²) in [6.07, 6.45) is 9.28. The molecular formula is C25H24N4O2. The van der Waals surface area contributed by atoms with Gasteiger partial charge in [-0.05, 0) is 48.4 Å². The molecule has 1 atom stereocenters. The van der Waals surface area contributed by atoms with Gasteiger partial charge < -0.3 is 14.0 Å². The lowest BCUT2D eigenvalue weighted by Gasteiger charge is -2.18. The highest BCUT2D eigenvalue weighted by molar-refractivity contribution is 5.79. The van der Waals surface area contributed by atoms with Gasteiger partial charge in [-0.1, -0.05) is 12.1 Å². The Bertz CT molecular complexity index is 1140. The molecule has 0 spiro atoms. The van der Waals surface area contributed by atoms with Gasteiger partial charge in [0.15, 0.2) is 0 Å². The van der Waals surface area contributed by atoms with E-state index in [1.807, 2.05) is 61.1 Å². The summed E-state index contributed by atoms with van der Waals surface area (Å²) < 4.78 is 13.7. The minimum atomic E-state index is 0.245. The number of aromatic nitrogens is 4. The summed E-state index contributed by atoms with van der Waals surface area (Å²) in [5, 5.41) is 0. The zero-order chi connectivity index (χ0) is 21.0. The largest absolute Gasteiger partial charge is 0.497 e. The Morgan fingerprint density at radius 2 is 1.81 bits per heavy atom. The van der Waals surface area contributed by atoms with Gasteiger partial charge in [0.05, 0.1) is 37.8 Å². The fourth-order valence-electron chi connectivity index (χ4n) is 4.16. The van der Waals surface area contributed by atoms with Crippen LogP contribution >= 0.6 is 0 Å². The standard InChI is InChI=1S/C25H24N4O2/c1-30-22-7-4-18(5-8-22)16-31-17-21-6-9-23-28-24(20-3-2-12-27-15-20)25(29(21)23)19-10-13-26-14-11-19/h2-5,7-8,10-15,21H,6,9,16-17H2,1H3. The van der Waals surface area contributed by atoms with Crippen molar-refractivity contribution >= 4 is 0 Å². The Morgan fingerprint density at radius 3 is 2.55 bits per heavy atom. The third-order valence-electron chi connectivity index (χ3n) is 5.68. The number of imidazole rings is 1. The van der Waals surface area contributed by atoms with Crippen LogP contribution in [0.1, 0.15) is 23.9 Å². The third kappa shape index (κ3) is 3.94. The maximum atomic E-state index is 6.13. The molecule has 1 aromatic carbocycles. The van der Waals surface area contributed by atoms with Crippen molar-refractivity contribution in [2.24, 2.45) is 0 Å². The topological polar surface area (TPSA) is 62.1 Å². The highest BCUT2D eigenvalue weighted by Gasteiger charge is 2.30. The van der Waals surface area contributed by atoms with E-state index in [4.69, 9.17) is 14.5 Å². The molecule has 4 heterocycles. The number of nitrogens with zero attached hydrogens (tertiary/aromatic N) is 4. The van der Waals surface area contributed by atoms with Gasteiger partial charge in [-0.3, -0.25) is 9.97 Å². The first kappa shape index (κ1) is 19.5. The summed E-state index contributed by atoms with van der Waals surface area (Å²) in [5.74, 6) is 1.95. The second-order valence-electron chi connectivity index (χ2n) is 7.63. The minimum Gasteiger partial charge on any atom is -0.497 e. The number of benzene rings is 1. The van der Waals surface area contributed by atoms with Crippen LogP contribution in [0.5, 0.6) is 5.75 Å². The van der Waals surface area contributed by atoms with E-state index in [1.54, 1.807) is 13.3 Å². The van der Waals surface area contributed by atoms with E-state index in [2.05, 4.69) is 20.6 Å². The van der Waals surface area contributed by atoms with Gasteiger partial charge in [0, 0.05) is 42.3 Å². The van der Waals surface area contributed by atoms with Crippen LogP contribution in [-0.2, 0) is 17.8 Å². The number of rotatable bonds is 7. The maximum Gasteiger partial charge on any atom is 0.118 e. The van der Waals surface area contributed by atoms with Gasteiger partial charge in [-0.2, -0.15) is 0 Å². The van der Waals surface area contributed by atoms with E-state index >= 15 is 0 Å². The van der Waals surface area contributed by atoms with Gasteiger partial charge in [-0.25, -0.2) is 4.98 Å². The van der Waals surface area contributed by atoms with Crippen molar-refractivity contribution in [3.63, 3.8) is 0 Å². The summed E-state index contributed by atoms with van der Waals surface area (Å²) in [4.78, 5) is 13.5. The van der Waals surface area contributed by atoms with Crippen molar-refractivity contribution in [1.82, 2.24) is 19.5 Å².